The average molecular weight is 445 g/mol. The van der Waals surface area contributed by atoms with Gasteiger partial charge in [-0.2, -0.15) is 0 Å². The number of ether oxygens (including phenoxy) is 2. The Morgan fingerprint density at radius 3 is 2.42 bits per heavy atom. The van der Waals surface area contributed by atoms with Crippen LogP contribution in [0.3, 0.4) is 0 Å². The summed E-state index contributed by atoms with van der Waals surface area (Å²) in [6.45, 7) is 4.44. The third-order valence-corrected chi connectivity index (χ3v) is 6.45. The van der Waals surface area contributed by atoms with Gasteiger partial charge in [-0.15, -0.1) is 0 Å². The van der Waals surface area contributed by atoms with Gasteiger partial charge in [0.05, 0.1) is 26.7 Å². The number of nitrogens with one attached hydrogen (secondary N) is 1. The summed E-state index contributed by atoms with van der Waals surface area (Å²) in [5, 5.41) is 3.19. The lowest BCUT2D eigenvalue weighted by Crippen LogP contribution is -2.42. The molecule has 1 heterocycles. The molecule has 0 bridgehead atoms. The standard InChI is InChI=1S/C28H32N2O3/c1-20-9-7-8-12-23(20)19-30-14-13-22-16-26(32-2)27(33-3)17-24(22)25(30)18-29-28(31)15-21-10-5-4-6-11-21/h4-12,16-17,25H,13-15,18-19H2,1-3H3,(H,29,31)/t25-/m0/s1. The van der Waals surface area contributed by atoms with E-state index in [1.54, 1.807) is 14.2 Å². The zero-order chi connectivity index (χ0) is 23.2. The summed E-state index contributed by atoms with van der Waals surface area (Å²) in [6, 6.07) is 22.6. The number of nitrogens with zero attached hydrogens (tertiary/aromatic N) is 1. The second kappa shape index (κ2) is 10.5. The Bertz CT molecular complexity index is 1100. The molecule has 1 atom stereocenters. The molecule has 5 heteroatoms. The molecule has 0 saturated heterocycles. The van der Waals surface area contributed by atoms with E-state index in [0.29, 0.717) is 13.0 Å². The number of benzene rings is 3. The Kier molecular flexibility index (Phi) is 7.30. The molecule has 1 aliphatic rings. The van der Waals surface area contributed by atoms with E-state index < -0.39 is 0 Å². The lowest BCUT2D eigenvalue weighted by Gasteiger charge is -2.38. The molecule has 172 valence electrons. The van der Waals surface area contributed by atoms with E-state index in [2.05, 4.69) is 53.5 Å². The van der Waals surface area contributed by atoms with Crippen LogP contribution < -0.4 is 14.8 Å². The minimum atomic E-state index is 0.0321. The first-order valence-corrected chi connectivity index (χ1v) is 11.4. The molecule has 0 fully saturated rings. The van der Waals surface area contributed by atoms with Gasteiger partial charge in [-0.3, -0.25) is 9.69 Å². The fourth-order valence-electron chi connectivity index (χ4n) is 4.57. The number of carbonyl (C=O) groups excluding carboxylic acids is 1. The van der Waals surface area contributed by atoms with Crippen LogP contribution in [0.5, 0.6) is 11.5 Å². The topological polar surface area (TPSA) is 50.8 Å². The van der Waals surface area contributed by atoms with E-state index in [1.165, 1.54) is 22.3 Å². The summed E-state index contributed by atoms with van der Waals surface area (Å²) >= 11 is 0. The van der Waals surface area contributed by atoms with Crippen molar-refractivity contribution in [1.29, 1.82) is 0 Å². The van der Waals surface area contributed by atoms with Crippen molar-refractivity contribution in [3.63, 3.8) is 0 Å². The van der Waals surface area contributed by atoms with Crippen LogP contribution in [-0.4, -0.2) is 38.1 Å². The second-order valence-electron chi connectivity index (χ2n) is 8.54. The number of carbonyl (C=O) groups is 1. The fourth-order valence-corrected chi connectivity index (χ4v) is 4.57. The molecule has 1 N–H and O–H groups in total. The zero-order valence-corrected chi connectivity index (χ0v) is 19.6. The van der Waals surface area contributed by atoms with Crippen LogP contribution in [-0.2, 0) is 24.2 Å². The van der Waals surface area contributed by atoms with Gasteiger partial charge in [0.2, 0.25) is 5.91 Å². The van der Waals surface area contributed by atoms with Crippen LogP contribution in [0.1, 0.15) is 33.9 Å². The Morgan fingerprint density at radius 1 is 1.00 bits per heavy atom. The first kappa shape index (κ1) is 22.9. The molecule has 1 amide bonds. The first-order chi connectivity index (χ1) is 16.1. The Morgan fingerprint density at radius 2 is 1.70 bits per heavy atom. The SMILES string of the molecule is COc1cc2c(cc1OC)[C@H](CNC(=O)Cc1ccccc1)N(Cc1ccccc1C)CC2. The summed E-state index contributed by atoms with van der Waals surface area (Å²) in [5.41, 5.74) is 6.04. The van der Waals surface area contributed by atoms with Crippen LogP contribution >= 0.6 is 0 Å². The molecular weight excluding hydrogens is 412 g/mol. The van der Waals surface area contributed by atoms with Crippen molar-refractivity contribution >= 4 is 5.91 Å². The number of fused-ring (bicyclic) bond motifs is 1. The molecule has 0 radical (unpaired) electrons. The first-order valence-electron chi connectivity index (χ1n) is 11.4. The predicted molar refractivity (Wildman–Crippen MR) is 131 cm³/mol. The highest BCUT2D eigenvalue weighted by atomic mass is 16.5. The van der Waals surface area contributed by atoms with Gasteiger partial charge in [0.15, 0.2) is 11.5 Å². The predicted octanol–water partition coefficient (Wildman–Crippen LogP) is 4.47. The number of hydrogen-bond acceptors (Lipinski definition) is 4. The molecule has 5 nitrogen and oxygen atoms in total. The minimum absolute atomic E-state index is 0.0321. The summed E-state index contributed by atoms with van der Waals surface area (Å²) in [5.74, 6) is 1.50. The van der Waals surface area contributed by atoms with Crippen LogP contribution in [0.4, 0.5) is 0 Å². The van der Waals surface area contributed by atoms with Gasteiger partial charge < -0.3 is 14.8 Å². The molecule has 0 aromatic heterocycles. The molecule has 3 aromatic carbocycles. The lowest BCUT2D eigenvalue weighted by atomic mass is 9.91. The third kappa shape index (κ3) is 5.37. The van der Waals surface area contributed by atoms with Crippen LogP contribution in [0, 0.1) is 6.92 Å². The lowest BCUT2D eigenvalue weighted by molar-refractivity contribution is -0.120. The van der Waals surface area contributed by atoms with Gasteiger partial charge in [0, 0.05) is 19.6 Å². The zero-order valence-electron chi connectivity index (χ0n) is 19.6. The van der Waals surface area contributed by atoms with Crippen LogP contribution in [0.25, 0.3) is 0 Å². The number of hydrogen-bond donors (Lipinski definition) is 1. The molecule has 4 rings (SSSR count). The third-order valence-electron chi connectivity index (χ3n) is 6.45. The van der Waals surface area contributed by atoms with Gasteiger partial charge in [0.1, 0.15) is 0 Å². The molecule has 33 heavy (non-hydrogen) atoms. The molecule has 0 aliphatic carbocycles. The Labute approximate surface area is 196 Å². The van der Waals surface area contributed by atoms with Crippen molar-refractivity contribution in [3.8, 4) is 11.5 Å². The quantitative estimate of drug-likeness (QED) is 0.557. The van der Waals surface area contributed by atoms with Crippen molar-refractivity contribution in [2.24, 2.45) is 0 Å². The summed E-state index contributed by atoms with van der Waals surface area (Å²) in [7, 11) is 3.33. The molecule has 0 unspecified atom stereocenters. The van der Waals surface area contributed by atoms with Crippen LogP contribution in [0.15, 0.2) is 66.7 Å². The fraction of sp³-hybridized carbons (Fsp3) is 0.321. The van der Waals surface area contributed by atoms with E-state index in [9.17, 15) is 4.79 Å². The maximum absolute atomic E-state index is 12.7. The molecule has 0 spiro atoms. The van der Waals surface area contributed by atoms with Gasteiger partial charge in [-0.05, 0) is 53.3 Å². The van der Waals surface area contributed by atoms with E-state index in [0.717, 1.165) is 36.6 Å². The molecule has 3 aromatic rings. The second-order valence-corrected chi connectivity index (χ2v) is 8.54. The largest absolute Gasteiger partial charge is 0.493 e. The summed E-state index contributed by atoms with van der Waals surface area (Å²) < 4.78 is 11.1. The normalized spacial score (nSPS) is 15.5. The maximum atomic E-state index is 12.7. The van der Waals surface area contributed by atoms with E-state index in [1.807, 2.05) is 30.3 Å². The number of rotatable bonds is 8. The monoisotopic (exact) mass is 444 g/mol. The van der Waals surface area contributed by atoms with E-state index in [4.69, 9.17) is 9.47 Å². The smallest absolute Gasteiger partial charge is 0.224 e. The Balaban J connectivity index is 1.59. The van der Waals surface area contributed by atoms with Gasteiger partial charge in [-0.25, -0.2) is 0 Å². The molecular formula is C28H32N2O3. The van der Waals surface area contributed by atoms with Crippen LogP contribution in [0.2, 0.25) is 0 Å². The minimum Gasteiger partial charge on any atom is -0.493 e. The van der Waals surface area contributed by atoms with Crippen molar-refractivity contribution in [3.05, 3.63) is 94.5 Å². The highest BCUT2D eigenvalue weighted by molar-refractivity contribution is 5.78. The highest BCUT2D eigenvalue weighted by Gasteiger charge is 2.29. The number of aryl methyl sites for hydroxylation is 1. The number of methoxy groups -OCH3 is 2. The van der Waals surface area contributed by atoms with E-state index in [-0.39, 0.29) is 11.9 Å². The van der Waals surface area contributed by atoms with E-state index >= 15 is 0 Å². The molecule has 1 aliphatic heterocycles. The maximum Gasteiger partial charge on any atom is 0.224 e. The Hall–Kier alpha value is -3.31. The van der Waals surface area contributed by atoms with Crippen molar-refractivity contribution < 1.29 is 14.3 Å². The van der Waals surface area contributed by atoms with Crippen molar-refractivity contribution in [2.45, 2.75) is 32.4 Å². The number of amides is 1. The van der Waals surface area contributed by atoms with Crippen molar-refractivity contribution in [1.82, 2.24) is 10.2 Å². The van der Waals surface area contributed by atoms with Gasteiger partial charge in [0.25, 0.3) is 0 Å². The van der Waals surface area contributed by atoms with Gasteiger partial charge in [-0.1, -0.05) is 54.6 Å². The van der Waals surface area contributed by atoms with Gasteiger partial charge >= 0.3 is 0 Å². The average Bonchev–Trinajstić information content (AvgIpc) is 2.84. The summed E-state index contributed by atoms with van der Waals surface area (Å²) in [4.78, 5) is 15.2. The molecule has 0 saturated carbocycles. The highest BCUT2D eigenvalue weighted by Crippen LogP contribution is 2.38. The summed E-state index contributed by atoms with van der Waals surface area (Å²) in [6.07, 6.45) is 1.31. The van der Waals surface area contributed by atoms with Crippen molar-refractivity contribution in [2.75, 3.05) is 27.3 Å².